The summed E-state index contributed by atoms with van der Waals surface area (Å²) < 4.78 is 16.0. The first-order chi connectivity index (χ1) is 36.9. The lowest BCUT2D eigenvalue weighted by Gasteiger charge is -2.28. The molecule has 0 saturated heterocycles. The zero-order chi connectivity index (χ0) is 51.1. The van der Waals surface area contributed by atoms with Crippen molar-refractivity contribution in [2.45, 2.75) is 77.6 Å². The molecule has 0 amide bonds. The average molecular weight is 980 g/mol. The van der Waals surface area contributed by atoms with Crippen LogP contribution in [0.15, 0.2) is 218 Å². The highest BCUT2D eigenvalue weighted by Gasteiger charge is 2.23. The Hall–Kier alpha value is -8.46. The Morgan fingerprint density at radius 1 is 0.467 bits per heavy atom. The van der Waals surface area contributed by atoms with Gasteiger partial charge in [-0.25, -0.2) is 0 Å². The van der Waals surface area contributed by atoms with Gasteiger partial charge < -0.3 is 23.5 Å². The van der Waals surface area contributed by atoms with Crippen LogP contribution in [0.1, 0.15) is 92.9 Å². The van der Waals surface area contributed by atoms with Crippen LogP contribution in [-0.2, 0) is 4.74 Å². The second kappa shape index (κ2) is 22.3. The Morgan fingerprint density at radius 2 is 0.893 bits per heavy atom. The monoisotopic (exact) mass is 980 g/mol. The third kappa shape index (κ3) is 10.3. The first kappa shape index (κ1) is 48.8. The van der Waals surface area contributed by atoms with Crippen LogP contribution in [0.4, 0.5) is 17.1 Å². The van der Waals surface area contributed by atoms with Crippen molar-refractivity contribution < 1.29 is 9.47 Å². The van der Waals surface area contributed by atoms with Crippen LogP contribution in [0.2, 0.25) is 0 Å². The number of rotatable bonds is 18. The summed E-state index contributed by atoms with van der Waals surface area (Å²) in [6.45, 7) is 10.1. The van der Waals surface area contributed by atoms with E-state index in [1.54, 1.807) is 0 Å². The first-order valence-corrected chi connectivity index (χ1v) is 26.9. The van der Waals surface area contributed by atoms with Crippen LogP contribution in [0, 0.1) is 19.0 Å². The van der Waals surface area contributed by atoms with Crippen LogP contribution in [0.3, 0.4) is 0 Å². The predicted molar refractivity (Wildman–Crippen MR) is 315 cm³/mol. The molecule has 0 aliphatic rings. The largest absolute Gasteiger partial charge is 0.494 e. The summed E-state index contributed by atoms with van der Waals surface area (Å²) in [6, 6.07) is 80.5. The van der Waals surface area contributed by atoms with Crippen molar-refractivity contribution in [1.29, 1.82) is 0 Å². The zero-order valence-corrected chi connectivity index (χ0v) is 43.6. The summed E-state index contributed by atoms with van der Waals surface area (Å²) in [6.07, 6.45) is 7.56. The number of anilines is 3. The number of benzene rings is 9. The Labute approximate surface area is 442 Å². The molecule has 2 heterocycles. The number of hydrogen-bond donors (Lipinski definition) is 0. The normalized spacial score (nSPS) is 12.6. The van der Waals surface area contributed by atoms with Gasteiger partial charge in [-0.2, -0.15) is 0 Å². The van der Waals surface area contributed by atoms with Gasteiger partial charge in [-0.1, -0.05) is 147 Å². The smallest absolute Gasteiger partial charge is 0.119 e. The molecule has 3 unspecified atom stereocenters. The number of fused-ring (bicyclic) bond motifs is 6. The van der Waals surface area contributed by atoms with E-state index in [0.29, 0.717) is 31.0 Å². The molecular formula is C70H65N3O2. The Balaban J connectivity index is 0.885. The van der Waals surface area contributed by atoms with Gasteiger partial charge in [0.1, 0.15) is 11.9 Å². The van der Waals surface area contributed by atoms with E-state index in [1.165, 1.54) is 65.9 Å². The highest BCUT2D eigenvalue weighted by Crippen LogP contribution is 2.42. The molecule has 11 rings (SSSR count). The van der Waals surface area contributed by atoms with Gasteiger partial charge in [-0.3, -0.25) is 0 Å². The summed E-state index contributed by atoms with van der Waals surface area (Å²) in [5.74, 6) is 5.10. The molecule has 0 aliphatic carbocycles. The molecule has 2 aromatic heterocycles. The summed E-state index contributed by atoms with van der Waals surface area (Å²) in [5.41, 5.74) is 15.8. The van der Waals surface area contributed by atoms with Gasteiger partial charge >= 0.3 is 0 Å². The lowest BCUT2D eigenvalue weighted by atomic mass is 9.78. The topological polar surface area (TPSA) is 31.6 Å². The van der Waals surface area contributed by atoms with Gasteiger partial charge in [0.15, 0.2) is 0 Å². The molecule has 5 nitrogen and oxygen atoms in total. The molecular weight excluding hydrogens is 915 g/mol. The Morgan fingerprint density at radius 3 is 1.36 bits per heavy atom. The van der Waals surface area contributed by atoms with E-state index in [0.717, 1.165) is 66.3 Å². The molecule has 11 aromatic rings. The second-order valence-electron chi connectivity index (χ2n) is 20.0. The number of aryl methyl sites for hydroxylation is 1. The van der Waals surface area contributed by atoms with E-state index < -0.39 is 0 Å². The van der Waals surface area contributed by atoms with Crippen molar-refractivity contribution in [2.75, 3.05) is 18.1 Å². The number of nitrogens with zero attached hydrogens (tertiary/aromatic N) is 3. The zero-order valence-electron chi connectivity index (χ0n) is 43.6. The minimum Gasteiger partial charge on any atom is -0.494 e. The highest BCUT2D eigenvalue weighted by molar-refractivity contribution is 6.10. The van der Waals surface area contributed by atoms with Gasteiger partial charge in [0.2, 0.25) is 0 Å². The Bertz CT molecular complexity index is 3480. The Kier molecular flexibility index (Phi) is 14.5. The number of ether oxygens (including phenoxy) is 2. The van der Waals surface area contributed by atoms with E-state index in [2.05, 4.69) is 265 Å². The lowest BCUT2D eigenvalue weighted by molar-refractivity contribution is 0.297. The van der Waals surface area contributed by atoms with Crippen molar-refractivity contribution >= 4 is 60.7 Å². The van der Waals surface area contributed by atoms with Crippen LogP contribution in [0.25, 0.3) is 55.0 Å². The van der Waals surface area contributed by atoms with E-state index >= 15 is 0 Å². The minimum absolute atomic E-state index is 0.335. The molecule has 0 radical (unpaired) electrons. The fourth-order valence-corrected chi connectivity index (χ4v) is 11.3. The molecule has 0 aliphatic heterocycles. The van der Waals surface area contributed by atoms with E-state index in [1.807, 2.05) is 6.92 Å². The van der Waals surface area contributed by atoms with Gasteiger partial charge in [0, 0.05) is 56.4 Å². The van der Waals surface area contributed by atoms with E-state index in [4.69, 9.17) is 9.47 Å². The van der Waals surface area contributed by atoms with E-state index in [9.17, 15) is 0 Å². The maximum Gasteiger partial charge on any atom is 0.119 e. The first-order valence-electron chi connectivity index (χ1n) is 26.9. The van der Waals surface area contributed by atoms with Gasteiger partial charge in [0.25, 0.3) is 0 Å². The molecule has 5 heteroatoms. The third-order valence-electron chi connectivity index (χ3n) is 15.2. The van der Waals surface area contributed by atoms with E-state index in [-0.39, 0.29) is 0 Å². The summed E-state index contributed by atoms with van der Waals surface area (Å²) in [7, 11) is 0. The quantitative estimate of drug-likeness (QED) is 0.0634. The summed E-state index contributed by atoms with van der Waals surface area (Å²) in [5, 5.41) is 5.04. The standard InChI is InChI=1S/C70H65N3O2/c1-5-52(54-32-44-62(45-33-54)75-47-17-7-16-46-74-6-2)49-56(55-28-26-50(3)27-29-55)48-51(4)53-30-34-57(35-31-53)71(58-36-40-60(41-37-58)72-67-22-12-8-18-63(67)64-19-9-13-23-68(64)72)59-38-42-61(43-39-59)73-69-24-14-10-20-65(69)66-21-11-15-25-70(66)73/h8-15,18-45,51-52,56H,5-7,17,47-49H2,1-4H3. The number of hydrogen-bond acceptors (Lipinski definition) is 3. The maximum absolute atomic E-state index is 6.09. The second-order valence-corrected chi connectivity index (χ2v) is 20.0. The number of unbranched alkanes of at least 4 members (excludes halogenated alkanes) is 1. The fourth-order valence-electron chi connectivity index (χ4n) is 11.3. The van der Waals surface area contributed by atoms with Crippen molar-refractivity contribution in [3.8, 4) is 29.2 Å². The van der Waals surface area contributed by atoms with Crippen LogP contribution >= 0.6 is 0 Å². The molecule has 0 spiro atoms. The van der Waals surface area contributed by atoms with Crippen LogP contribution < -0.4 is 9.64 Å². The fraction of sp³-hybridized carbons (Fsp3) is 0.200. The number of aromatic nitrogens is 2. The maximum atomic E-state index is 6.09. The minimum atomic E-state index is 0.335. The van der Waals surface area contributed by atoms with Gasteiger partial charge in [-0.05, 0) is 171 Å². The third-order valence-corrected chi connectivity index (χ3v) is 15.2. The molecule has 0 N–H and O–H groups in total. The van der Waals surface area contributed by atoms with Crippen molar-refractivity contribution in [2.24, 2.45) is 0 Å². The molecule has 0 fully saturated rings. The van der Waals surface area contributed by atoms with Gasteiger partial charge in [-0.15, -0.1) is 0 Å². The molecule has 372 valence electrons. The van der Waals surface area contributed by atoms with Crippen LogP contribution in [0.5, 0.6) is 5.75 Å². The molecule has 75 heavy (non-hydrogen) atoms. The summed E-state index contributed by atoms with van der Waals surface area (Å²) in [4.78, 5) is 2.40. The molecule has 3 atom stereocenters. The summed E-state index contributed by atoms with van der Waals surface area (Å²) >= 11 is 0. The lowest BCUT2D eigenvalue weighted by Crippen LogP contribution is -2.11. The molecule has 0 saturated carbocycles. The molecule has 0 bridgehead atoms. The van der Waals surface area contributed by atoms with Crippen molar-refractivity contribution in [1.82, 2.24) is 9.13 Å². The number of para-hydroxylation sites is 4. The predicted octanol–water partition coefficient (Wildman–Crippen LogP) is 18.7. The SMILES string of the molecule is CCOC#CCCCOc1ccc(C(CC)CC(CC(C)c2ccc(N(c3ccc(-n4c5ccccc5c5ccccc54)cc3)c3ccc(-n4c5ccccc5c5ccccc54)cc3)cc2)c2ccc(C)cc2)cc1. The average Bonchev–Trinajstić information content (AvgIpc) is 4.00. The van der Waals surface area contributed by atoms with Crippen molar-refractivity contribution in [3.63, 3.8) is 0 Å². The van der Waals surface area contributed by atoms with Gasteiger partial charge in [0.05, 0.1) is 35.3 Å². The highest BCUT2D eigenvalue weighted by atomic mass is 16.5. The van der Waals surface area contributed by atoms with Crippen molar-refractivity contribution in [3.05, 3.63) is 241 Å². The molecule has 9 aromatic carbocycles. The van der Waals surface area contributed by atoms with Crippen LogP contribution in [-0.4, -0.2) is 22.3 Å².